The Morgan fingerprint density at radius 3 is 1.56 bits per heavy atom. The quantitative estimate of drug-likeness (QED) is 0.172. The third-order valence-electron chi connectivity index (χ3n) is 14.9. The average molecular weight is 815 g/mol. The van der Waals surface area contributed by atoms with Crippen molar-refractivity contribution in [3.63, 3.8) is 0 Å². The van der Waals surface area contributed by atoms with E-state index in [1.807, 2.05) is 0 Å². The molecule has 0 atom stereocenters. The van der Waals surface area contributed by atoms with Gasteiger partial charge in [-0.15, -0.1) is 0 Å². The number of hydrogen-bond acceptors (Lipinski definition) is 1. The second kappa shape index (κ2) is 13.3. The molecule has 2 heteroatoms. The number of fused-ring (bicyclic) bond motifs is 19. The maximum Gasteiger partial charge on any atom is 0.0740 e. The van der Waals surface area contributed by atoms with Gasteiger partial charge < -0.3 is 9.47 Å². The van der Waals surface area contributed by atoms with Gasteiger partial charge in [0.25, 0.3) is 0 Å². The van der Waals surface area contributed by atoms with Crippen molar-refractivity contribution in [1.82, 2.24) is 4.57 Å². The van der Waals surface area contributed by atoms with Crippen LogP contribution in [0, 0.1) is 0 Å². The molecule has 300 valence electrons. The van der Waals surface area contributed by atoms with Crippen LogP contribution in [0.15, 0.2) is 224 Å². The van der Waals surface area contributed by atoms with Gasteiger partial charge in [-0.2, -0.15) is 0 Å². The molecule has 0 aliphatic heterocycles. The van der Waals surface area contributed by atoms with Crippen molar-refractivity contribution in [2.75, 3.05) is 4.90 Å². The van der Waals surface area contributed by atoms with Gasteiger partial charge >= 0.3 is 0 Å². The van der Waals surface area contributed by atoms with Crippen LogP contribution < -0.4 is 4.90 Å². The Bertz CT molecular complexity index is 3490. The lowest BCUT2D eigenvalue weighted by Gasteiger charge is -2.50. The summed E-state index contributed by atoms with van der Waals surface area (Å²) in [7, 11) is 0. The van der Waals surface area contributed by atoms with E-state index in [0.29, 0.717) is 0 Å². The molecule has 4 aliphatic carbocycles. The summed E-state index contributed by atoms with van der Waals surface area (Å²) in [5.41, 5.74) is 23.2. The van der Waals surface area contributed by atoms with E-state index in [4.69, 9.17) is 0 Å². The highest BCUT2D eigenvalue weighted by Crippen LogP contribution is 2.69. The van der Waals surface area contributed by atoms with Crippen molar-refractivity contribution >= 4 is 34.0 Å². The molecule has 10 aromatic rings. The second-order valence-electron chi connectivity index (χ2n) is 17.8. The fraction of sp³-hybridized carbons (Fsp3) is 0.0645. The van der Waals surface area contributed by atoms with E-state index in [1.165, 1.54) is 100 Å². The van der Waals surface area contributed by atoms with Gasteiger partial charge in [-0.3, -0.25) is 0 Å². The van der Waals surface area contributed by atoms with E-state index >= 15 is 0 Å². The topological polar surface area (TPSA) is 8.17 Å². The van der Waals surface area contributed by atoms with Crippen molar-refractivity contribution < 1.29 is 0 Å². The number of hydrogen-bond donors (Lipinski definition) is 0. The number of aromatic nitrogens is 1. The first-order chi connectivity index (χ1) is 31.8. The van der Waals surface area contributed by atoms with Crippen LogP contribution in [0.5, 0.6) is 0 Å². The molecule has 0 fully saturated rings. The van der Waals surface area contributed by atoms with E-state index in [1.54, 1.807) is 0 Å². The number of allylic oxidation sites excluding steroid dienone is 1. The minimum Gasteiger partial charge on any atom is -0.313 e. The van der Waals surface area contributed by atoms with Crippen LogP contribution in [-0.2, 0) is 17.3 Å². The Kier molecular flexibility index (Phi) is 7.40. The highest BCUT2D eigenvalue weighted by Gasteiger charge is 2.60. The molecule has 9 aromatic carbocycles. The van der Waals surface area contributed by atoms with Crippen molar-refractivity contribution in [2.24, 2.45) is 0 Å². The molecule has 64 heavy (non-hydrogen) atoms. The molecule has 0 bridgehead atoms. The molecule has 0 N–H and O–H groups in total. The summed E-state index contributed by atoms with van der Waals surface area (Å²) in [5.74, 6) is 0. The molecule has 1 aromatic heterocycles. The highest BCUT2D eigenvalue weighted by atomic mass is 15.2. The van der Waals surface area contributed by atoms with Crippen LogP contribution in [0.4, 0.5) is 17.1 Å². The van der Waals surface area contributed by atoms with E-state index in [9.17, 15) is 0 Å². The Hall–Kier alpha value is -7.94. The van der Waals surface area contributed by atoms with Gasteiger partial charge in [0.2, 0.25) is 0 Å². The third-order valence-corrected chi connectivity index (χ3v) is 14.9. The maximum atomic E-state index is 2.56. The van der Waals surface area contributed by atoms with E-state index in [0.717, 1.165) is 24.2 Å². The number of anilines is 3. The van der Waals surface area contributed by atoms with Crippen molar-refractivity contribution in [2.45, 2.75) is 23.7 Å². The first-order valence-electron chi connectivity index (χ1n) is 22.7. The van der Waals surface area contributed by atoms with Gasteiger partial charge in [-0.05, 0) is 117 Å². The van der Waals surface area contributed by atoms with Crippen LogP contribution in [0.25, 0.3) is 44.9 Å². The smallest absolute Gasteiger partial charge is 0.0740 e. The predicted molar refractivity (Wildman–Crippen MR) is 263 cm³/mol. The molecular formula is C62H42N2. The van der Waals surface area contributed by atoms with Crippen LogP contribution in [-0.4, -0.2) is 4.57 Å². The molecule has 0 unspecified atom stereocenters. The molecule has 14 rings (SSSR count). The Balaban J connectivity index is 1.14. The van der Waals surface area contributed by atoms with Crippen LogP contribution in [0.3, 0.4) is 0 Å². The lowest BCUT2D eigenvalue weighted by molar-refractivity contribution is 0.633. The fourth-order valence-electron chi connectivity index (χ4n) is 12.7. The molecule has 0 saturated carbocycles. The van der Waals surface area contributed by atoms with E-state index < -0.39 is 10.8 Å². The number of para-hydroxylation sites is 2. The molecule has 0 radical (unpaired) electrons. The van der Waals surface area contributed by atoms with Crippen LogP contribution in [0.2, 0.25) is 0 Å². The highest BCUT2D eigenvalue weighted by molar-refractivity contribution is 5.98. The first-order valence-corrected chi connectivity index (χ1v) is 22.7. The standard InChI is InChI=1S/C62H42N2/c1-2-20-41(21-3-1)63(42-22-18-23-43(40-42)64-57-37-16-8-28-48(57)49-29-9-17-38-58(49)64)59-39-19-36-56-60(59)62(52-32-12-6-26-46(52)47-27-7-13-33-53(47)62)55-35-15-14-34-54(55)61(56)50-30-10-4-24-44(50)45-25-5-11-31-51(45)61/h1-16,18-37,39-40H,17,38H2. The lowest BCUT2D eigenvalue weighted by Crippen LogP contribution is -2.44. The minimum atomic E-state index is -0.639. The summed E-state index contributed by atoms with van der Waals surface area (Å²) in [6, 6.07) is 82.6. The van der Waals surface area contributed by atoms with Gasteiger partial charge in [-0.25, -0.2) is 0 Å². The molecular weight excluding hydrogens is 773 g/mol. The number of nitrogens with zero attached hydrogens (tertiary/aromatic N) is 2. The van der Waals surface area contributed by atoms with E-state index in [-0.39, 0.29) is 0 Å². The molecule has 2 nitrogen and oxygen atoms in total. The summed E-state index contributed by atoms with van der Waals surface area (Å²) in [6.45, 7) is 0. The molecule has 0 saturated heterocycles. The van der Waals surface area contributed by atoms with Gasteiger partial charge in [0.1, 0.15) is 0 Å². The summed E-state index contributed by atoms with van der Waals surface area (Å²) in [5, 5.41) is 1.30. The zero-order valence-corrected chi connectivity index (χ0v) is 35.2. The molecule has 1 heterocycles. The van der Waals surface area contributed by atoms with Crippen LogP contribution >= 0.6 is 0 Å². The molecule has 4 aliphatic rings. The minimum absolute atomic E-state index is 0.576. The van der Waals surface area contributed by atoms with Gasteiger partial charge in [0.05, 0.1) is 22.0 Å². The molecule has 0 amide bonds. The Morgan fingerprint density at radius 2 is 0.906 bits per heavy atom. The zero-order valence-electron chi connectivity index (χ0n) is 35.2. The van der Waals surface area contributed by atoms with Crippen molar-refractivity contribution in [1.29, 1.82) is 0 Å². The maximum absolute atomic E-state index is 2.56. The van der Waals surface area contributed by atoms with Gasteiger partial charge in [0, 0.05) is 39.3 Å². The average Bonchev–Trinajstić information content (AvgIpc) is 3.97. The van der Waals surface area contributed by atoms with Crippen molar-refractivity contribution in [3.05, 3.63) is 280 Å². The normalized spacial score (nSPS) is 14.9. The fourth-order valence-corrected chi connectivity index (χ4v) is 12.7. The first kappa shape index (κ1) is 35.6. The van der Waals surface area contributed by atoms with Crippen LogP contribution in [0.1, 0.15) is 62.2 Å². The summed E-state index contributed by atoms with van der Waals surface area (Å²) in [6.07, 6.45) is 6.70. The Labute approximate surface area is 373 Å². The predicted octanol–water partition coefficient (Wildman–Crippen LogP) is 15.1. The van der Waals surface area contributed by atoms with E-state index in [2.05, 4.69) is 240 Å². The number of benzene rings is 9. The van der Waals surface area contributed by atoms with Crippen molar-refractivity contribution in [3.8, 4) is 27.9 Å². The lowest BCUT2D eigenvalue weighted by atomic mass is 9.52. The Morgan fingerprint density at radius 1 is 0.406 bits per heavy atom. The largest absolute Gasteiger partial charge is 0.313 e. The zero-order chi connectivity index (χ0) is 42.0. The van der Waals surface area contributed by atoms with Gasteiger partial charge in [0.15, 0.2) is 0 Å². The second-order valence-corrected chi connectivity index (χ2v) is 17.8. The monoisotopic (exact) mass is 814 g/mol. The summed E-state index contributed by atoms with van der Waals surface area (Å²) < 4.78 is 2.52. The third kappa shape index (κ3) is 4.44. The summed E-state index contributed by atoms with van der Waals surface area (Å²) in [4.78, 5) is 2.56. The van der Waals surface area contributed by atoms with Gasteiger partial charge in [-0.1, -0.05) is 188 Å². The molecule has 2 spiro atoms. The summed E-state index contributed by atoms with van der Waals surface area (Å²) >= 11 is 0. The SMILES string of the molecule is C1=Cc2c(n(-c3cccc(N(c4ccccc4)c4cccc5c4C4(c6ccccc6-c6ccccc64)c4ccccc4C54c5ccccc5-c5ccccc54)c3)c3ccccc23)CC1. The number of rotatable bonds is 4.